The Morgan fingerprint density at radius 1 is 1.10 bits per heavy atom. The summed E-state index contributed by atoms with van der Waals surface area (Å²) >= 11 is 0. The van der Waals surface area contributed by atoms with Crippen LogP contribution in [-0.4, -0.2) is 35.0 Å². The number of halogens is 2. The predicted octanol–water partition coefficient (Wildman–Crippen LogP) is 2.15. The number of carboxylic acids is 1. The second kappa shape index (κ2) is 5.09. The van der Waals surface area contributed by atoms with E-state index >= 15 is 0 Å². The fourth-order valence-corrected chi connectivity index (χ4v) is 3.12. The molecule has 0 bridgehead atoms. The number of hydrogen-bond acceptors (Lipinski definition) is 2. The maximum atomic E-state index is 13.2. The lowest BCUT2D eigenvalue weighted by Crippen LogP contribution is -2.30. The summed E-state index contributed by atoms with van der Waals surface area (Å²) in [5, 5.41) is 9.26. The van der Waals surface area contributed by atoms with E-state index < -0.39 is 29.4 Å². The van der Waals surface area contributed by atoms with Gasteiger partial charge in [0, 0.05) is 24.7 Å². The molecular formula is C15H15F2NO3. The first kappa shape index (κ1) is 14.0. The predicted molar refractivity (Wildman–Crippen MR) is 69.6 cm³/mol. The Balaban J connectivity index is 1.80. The molecule has 21 heavy (non-hydrogen) atoms. The second-order valence-corrected chi connectivity index (χ2v) is 5.81. The molecule has 0 aromatic heterocycles. The highest BCUT2D eigenvalue weighted by Crippen LogP contribution is 2.44. The Morgan fingerprint density at radius 2 is 1.71 bits per heavy atom. The highest BCUT2D eigenvalue weighted by Gasteiger charge is 2.46. The average Bonchev–Trinajstić information content (AvgIpc) is 3.15. The molecule has 1 aliphatic carbocycles. The summed E-state index contributed by atoms with van der Waals surface area (Å²) < 4.78 is 26.4. The van der Waals surface area contributed by atoms with Crippen LogP contribution in [0.25, 0.3) is 0 Å². The van der Waals surface area contributed by atoms with Crippen molar-refractivity contribution in [3.05, 3.63) is 35.4 Å². The lowest BCUT2D eigenvalue weighted by molar-refractivity contribution is -0.142. The van der Waals surface area contributed by atoms with Gasteiger partial charge in [-0.05, 0) is 36.8 Å². The maximum absolute atomic E-state index is 13.2. The van der Waals surface area contributed by atoms with E-state index in [-0.39, 0.29) is 18.0 Å². The Labute approximate surface area is 120 Å². The second-order valence-electron chi connectivity index (χ2n) is 5.81. The summed E-state index contributed by atoms with van der Waals surface area (Å²) in [7, 11) is 0. The van der Waals surface area contributed by atoms with Gasteiger partial charge in [0.2, 0.25) is 0 Å². The summed E-state index contributed by atoms with van der Waals surface area (Å²) in [5.41, 5.74) is -0.0758. The number of rotatable bonds is 3. The molecule has 2 aliphatic rings. The molecule has 6 heteroatoms. The number of aliphatic carboxylic acids is 1. The molecule has 1 saturated heterocycles. The van der Waals surface area contributed by atoms with Crippen LogP contribution in [0.5, 0.6) is 0 Å². The summed E-state index contributed by atoms with van der Waals surface area (Å²) in [5.74, 6) is -3.33. The first-order valence-electron chi connectivity index (χ1n) is 6.94. The molecule has 1 N–H and O–H groups in total. The van der Waals surface area contributed by atoms with Crippen LogP contribution in [0, 0.1) is 29.4 Å². The normalized spacial score (nSPS) is 25.1. The van der Waals surface area contributed by atoms with Crippen LogP contribution < -0.4 is 0 Å². The molecule has 1 aromatic carbocycles. The van der Waals surface area contributed by atoms with Crippen LogP contribution in [0.1, 0.15) is 23.2 Å². The fourth-order valence-electron chi connectivity index (χ4n) is 3.12. The summed E-state index contributed by atoms with van der Waals surface area (Å²) in [4.78, 5) is 25.0. The van der Waals surface area contributed by atoms with Crippen molar-refractivity contribution in [1.29, 1.82) is 0 Å². The average molecular weight is 295 g/mol. The zero-order valence-electron chi connectivity index (χ0n) is 11.3. The van der Waals surface area contributed by atoms with Gasteiger partial charge in [0.25, 0.3) is 5.91 Å². The molecule has 0 radical (unpaired) electrons. The molecule has 1 aliphatic heterocycles. The van der Waals surface area contributed by atoms with Gasteiger partial charge >= 0.3 is 5.97 Å². The van der Waals surface area contributed by atoms with Crippen molar-refractivity contribution in [2.24, 2.45) is 17.8 Å². The van der Waals surface area contributed by atoms with Crippen LogP contribution in [0.3, 0.4) is 0 Å². The third-order valence-electron chi connectivity index (χ3n) is 4.31. The maximum Gasteiger partial charge on any atom is 0.308 e. The molecule has 112 valence electrons. The van der Waals surface area contributed by atoms with E-state index in [0.717, 1.165) is 25.0 Å². The Bertz CT molecular complexity index is 580. The molecule has 1 heterocycles. The molecule has 3 rings (SSSR count). The largest absolute Gasteiger partial charge is 0.481 e. The summed E-state index contributed by atoms with van der Waals surface area (Å²) in [6.45, 7) is 0.450. The summed E-state index contributed by atoms with van der Waals surface area (Å²) in [6, 6.07) is 2.66. The Morgan fingerprint density at radius 3 is 2.24 bits per heavy atom. The van der Waals surface area contributed by atoms with Crippen LogP contribution in [0.4, 0.5) is 8.78 Å². The molecule has 2 atom stereocenters. The van der Waals surface area contributed by atoms with Crippen molar-refractivity contribution in [1.82, 2.24) is 4.90 Å². The topological polar surface area (TPSA) is 57.6 Å². The van der Waals surface area contributed by atoms with Gasteiger partial charge in [-0.15, -0.1) is 0 Å². The molecule has 1 saturated carbocycles. The third kappa shape index (κ3) is 2.75. The SMILES string of the molecule is O=C(O)[C@H]1CN(C(=O)c2cc(F)cc(F)c2)C[C@@H]1C1CC1. The van der Waals surface area contributed by atoms with Gasteiger partial charge in [0.1, 0.15) is 11.6 Å². The number of carbonyl (C=O) groups is 2. The number of benzene rings is 1. The number of likely N-dealkylation sites (tertiary alicyclic amines) is 1. The molecule has 1 amide bonds. The van der Waals surface area contributed by atoms with E-state index in [1.54, 1.807) is 0 Å². The van der Waals surface area contributed by atoms with Gasteiger partial charge < -0.3 is 10.0 Å². The number of carbonyl (C=O) groups excluding carboxylic acids is 1. The van der Waals surface area contributed by atoms with E-state index in [4.69, 9.17) is 0 Å². The number of hydrogen-bond donors (Lipinski definition) is 1. The molecule has 2 fully saturated rings. The highest BCUT2D eigenvalue weighted by molar-refractivity contribution is 5.95. The number of nitrogens with zero attached hydrogens (tertiary/aromatic N) is 1. The minimum absolute atomic E-state index is 0.0511. The quantitative estimate of drug-likeness (QED) is 0.929. The highest BCUT2D eigenvalue weighted by atomic mass is 19.1. The Hall–Kier alpha value is -1.98. The lowest BCUT2D eigenvalue weighted by atomic mass is 9.92. The first-order chi connectivity index (χ1) is 9.95. The van der Waals surface area contributed by atoms with E-state index in [9.17, 15) is 23.5 Å². The van der Waals surface area contributed by atoms with Gasteiger partial charge in [-0.2, -0.15) is 0 Å². The zero-order chi connectivity index (χ0) is 15.1. The van der Waals surface area contributed by atoms with E-state index in [1.807, 2.05) is 0 Å². The molecular weight excluding hydrogens is 280 g/mol. The van der Waals surface area contributed by atoms with E-state index in [1.165, 1.54) is 4.90 Å². The molecule has 4 nitrogen and oxygen atoms in total. The fraction of sp³-hybridized carbons (Fsp3) is 0.467. The van der Waals surface area contributed by atoms with Crippen molar-refractivity contribution in [2.45, 2.75) is 12.8 Å². The van der Waals surface area contributed by atoms with E-state index in [0.29, 0.717) is 18.5 Å². The van der Waals surface area contributed by atoms with Crippen LogP contribution >= 0.6 is 0 Å². The molecule has 1 aromatic rings. The van der Waals surface area contributed by atoms with Gasteiger partial charge in [-0.25, -0.2) is 8.78 Å². The van der Waals surface area contributed by atoms with Gasteiger partial charge in [0.15, 0.2) is 0 Å². The van der Waals surface area contributed by atoms with Gasteiger partial charge in [-0.1, -0.05) is 0 Å². The lowest BCUT2D eigenvalue weighted by Gasteiger charge is -2.16. The Kier molecular flexibility index (Phi) is 3.39. The smallest absolute Gasteiger partial charge is 0.308 e. The van der Waals surface area contributed by atoms with E-state index in [2.05, 4.69) is 0 Å². The summed E-state index contributed by atoms with van der Waals surface area (Å²) in [6.07, 6.45) is 1.98. The minimum atomic E-state index is -0.910. The third-order valence-corrected chi connectivity index (χ3v) is 4.31. The van der Waals surface area contributed by atoms with Crippen molar-refractivity contribution < 1.29 is 23.5 Å². The number of carboxylic acid groups (broad SMARTS) is 1. The van der Waals surface area contributed by atoms with Crippen LogP contribution in [-0.2, 0) is 4.79 Å². The van der Waals surface area contributed by atoms with Crippen molar-refractivity contribution in [3.63, 3.8) is 0 Å². The van der Waals surface area contributed by atoms with Crippen LogP contribution in [0.2, 0.25) is 0 Å². The van der Waals surface area contributed by atoms with Crippen molar-refractivity contribution in [2.75, 3.05) is 13.1 Å². The van der Waals surface area contributed by atoms with Gasteiger partial charge in [-0.3, -0.25) is 9.59 Å². The standard InChI is InChI=1S/C15H15F2NO3/c16-10-3-9(4-11(17)5-10)14(19)18-6-12(8-1-2-8)13(7-18)15(20)21/h3-5,8,12-13H,1-2,6-7H2,(H,20,21)/t12-,13+/m1/s1. The molecule has 0 spiro atoms. The monoisotopic (exact) mass is 295 g/mol. The molecule has 0 unspecified atom stereocenters. The zero-order valence-corrected chi connectivity index (χ0v) is 11.3. The minimum Gasteiger partial charge on any atom is -0.481 e. The number of amides is 1. The van der Waals surface area contributed by atoms with Crippen molar-refractivity contribution in [3.8, 4) is 0 Å². The van der Waals surface area contributed by atoms with Crippen LogP contribution in [0.15, 0.2) is 18.2 Å². The van der Waals surface area contributed by atoms with Crippen molar-refractivity contribution >= 4 is 11.9 Å². The first-order valence-corrected chi connectivity index (χ1v) is 6.94. The van der Waals surface area contributed by atoms with Gasteiger partial charge in [0.05, 0.1) is 5.92 Å².